The minimum atomic E-state index is -0.487. The van der Waals surface area contributed by atoms with Gasteiger partial charge in [0, 0.05) is 6.08 Å². The fraction of sp³-hybridized carbons (Fsp3) is 0.214. The highest BCUT2D eigenvalue weighted by atomic mass is 16.5. The number of hydrogen-bond acceptors (Lipinski definition) is 4. The Labute approximate surface area is 189 Å². The van der Waals surface area contributed by atoms with Crippen molar-refractivity contribution in [3.63, 3.8) is 0 Å². The van der Waals surface area contributed by atoms with Crippen molar-refractivity contribution in [1.82, 2.24) is 0 Å². The van der Waals surface area contributed by atoms with Gasteiger partial charge in [0.15, 0.2) is 0 Å². The van der Waals surface area contributed by atoms with Crippen molar-refractivity contribution in [1.29, 1.82) is 0 Å². The fourth-order valence-corrected chi connectivity index (χ4v) is 3.21. The van der Waals surface area contributed by atoms with Gasteiger partial charge in [-0.1, -0.05) is 75.4 Å². The maximum absolute atomic E-state index is 12.4. The fourth-order valence-electron chi connectivity index (χ4n) is 3.21. The van der Waals surface area contributed by atoms with Crippen LogP contribution in [0.1, 0.15) is 41.8 Å². The van der Waals surface area contributed by atoms with E-state index in [2.05, 4.69) is 44.7 Å². The van der Waals surface area contributed by atoms with Gasteiger partial charge in [-0.2, -0.15) is 0 Å². The first kappa shape index (κ1) is 23.0. The molecule has 164 valence electrons. The van der Waals surface area contributed by atoms with E-state index in [4.69, 9.17) is 9.47 Å². The number of carbonyl (C=O) groups excluding carboxylic acids is 2. The van der Waals surface area contributed by atoms with Gasteiger partial charge in [-0.25, -0.2) is 9.59 Å². The van der Waals surface area contributed by atoms with E-state index in [9.17, 15) is 9.59 Å². The Morgan fingerprint density at radius 3 is 2.00 bits per heavy atom. The molecule has 3 aromatic rings. The molecule has 0 aliphatic rings. The second-order valence-electron chi connectivity index (χ2n) is 7.84. The Bertz CT molecular complexity index is 1050. The summed E-state index contributed by atoms with van der Waals surface area (Å²) in [5, 5.41) is 0. The lowest BCUT2D eigenvalue weighted by Gasteiger charge is -2.10. The van der Waals surface area contributed by atoms with E-state index in [0.29, 0.717) is 17.2 Å². The zero-order chi connectivity index (χ0) is 22.9. The molecule has 0 bridgehead atoms. The van der Waals surface area contributed by atoms with Gasteiger partial charge in [0.25, 0.3) is 0 Å². The first-order valence-corrected chi connectivity index (χ1v) is 10.8. The van der Waals surface area contributed by atoms with Gasteiger partial charge in [-0.05, 0) is 58.9 Å². The summed E-state index contributed by atoms with van der Waals surface area (Å²) < 4.78 is 10.5. The third-order valence-corrected chi connectivity index (χ3v) is 5.37. The van der Waals surface area contributed by atoms with Crippen molar-refractivity contribution in [2.24, 2.45) is 5.92 Å². The minimum absolute atomic E-state index is 0.125. The van der Waals surface area contributed by atoms with Crippen molar-refractivity contribution >= 4 is 11.9 Å². The van der Waals surface area contributed by atoms with E-state index in [1.165, 1.54) is 12.0 Å². The molecule has 3 rings (SSSR count). The van der Waals surface area contributed by atoms with E-state index >= 15 is 0 Å². The van der Waals surface area contributed by atoms with Crippen LogP contribution in [0.5, 0.6) is 5.75 Å². The lowest BCUT2D eigenvalue weighted by Crippen LogP contribution is -2.08. The molecule has 0 N–H and O–H groups in total. The average molecular weight is 429 g/mol. The Morgan fingerprint density at radius 2 is 1.44 bits per heavy atom. The van der Waals surface area contributed by atoms with Crippen LogP contribution in [-0.4, -0.2) is 11.9 Å². The minimum Gasteiger partial charge on any atom is -0.458 e. The average Bonchev–Trinajstić information content (AvgIpc) is 2.83. The van der Waals surface area contributed by atoms with Crippen LogP contribution in [0.25, 0.3) is 11.1 Å². The number of hydrogen-bond donors (Lipinski definition) is 0. The van der Waals surface area contributed by atoms with E-state index in [0.717, 1.165) is 29.2 Å². The highest BCUT2D eigenvalue weighted by Gasteiger charge is 2.10. The summed E-state index contributed by atoms with van der Waals surface area (Å²) in [5.41, 5.74) is 4.74. The Balaban J connectivity index is 1.58. The van der Waals surface area contributed by atoms with Crippen LogP contribution in [0.4, 0.5) is 0 Å². The predicted molar refractivity (Wildman–Crippen MR) is 126 cm³/mol. The lowest BCUT2D eigenvalue weighted by atomic mass is 9.97. The Kier molecular flexibility index (Phi) is 7.98. The maximum Gasteiger partial charge on any atom is 0.343 e. The number of rotatable bonds is 9. The summed E-state index contributed by atoms with van der Waals surface area (Å²) in [6.45, 7) is 7.96. The molecule has 3 aromatic carbocycles. The van der Waals surface area contributed by atoms with E-state index < -0.39 is 11.9 Å². The Hall–Kier alpha value is -3.66. The van der Waals surface area contributed by atoms with Crippen LogP contribution in [0.3, 0.4) is 0 Å². The van der Waals surface area contributed by atoms with Crippen LogP contribution in [0.2, 0.25) is 0 Å². The summed E-state index contributed by atoms with van der Waals surface area (Å²) in [4.78, 5) is 23.6. The van der Waals surface area contributed by atoms with Crippen LogP contribution in [-0.2, 0) is 22.6 Å². The number of ether oxygens (including phenoxy) is 2. The quantitative estimate of drug-likeness (QED) is 0.225. The first-order valence-electron chi connectivity index (χ1n) is 10.8. The largest absolute Gasteiger partial charge is 0.458 e. The van der Waals surface area contributed by atoms with E-state index in [-0.39, 0.29) is 6.61 Å². The van der Waals surface area contributed by atoms with Crippen LogP contribution in [0, 0.1) is 5.92 Å². The monoisotopic (exact) mass is 428 g/mol. The molecule has 1 unspecified atom stereocenters. The SMILES string of the molecule is C=CC(=O)OCc1ccc(C(=O)Oc2ccc(-c3ccc(CC(C)CC)cc3)cc2)cc1. The molecule has 0 aliphatic heterocycles. The van der Waals surface area contributed by atoms with Crippen molar-refractivity contribution < 1.29 is 19.1 Å². The van der Waals surface area contributed by atoms with Gasteiger partial charge >= 0.3 is 11.9 Å². The molecule has 32 heavy (non-hydrogen) atoms. The number of benzene rings is 3. The van der Waals surface area contributed by atoms with Gasteiger partial charge in [-0.15, -0.1) is 0 Å². The van der Waals surface area contributed by atoms with E-state index in [1.54, 1.807) is 36.4 Å². The third kappa shape index (κ3) is 6.42. The van der Waals surface area contributed by atoms with Crippen LogP contribution < -0.4 is 4.74 Å². The van der Waals surface area contributed by atoms with Gasteiger partial charge in [-0.3, -0.25) is 0 Å². The normalized spacial score (nSPS) is 11.4. The predicted octanol–water partition coefficient (Wildman–Crippen LogP) is 6.39. The molecule has 0 radical (unpaired) electrons. The van der Waals surface area contributed by atoms with Crippen molar-refractivity contribution in [2.45, 2.75) is 33.3 Å². The summed E-state index contributed by atoms with van der Waals surface area (Å²) in [7, 11) is 0. The number of carbonyl (C=O) groups is 2. The molecule has 0 saturated carbocycles. The van der Waals surface area contributed by atoms with Gasteiger partial charge in [0.05, 0.1) is 5.56 Å². The lowest BCUT2D eigenvalue weighted by molar-refractivity contribution is -0.138. The molecule has 0 aromatic heterocycles. The van der Waals surface area contributed by atoms with Gasteiger partial charge in [0.1, 0.15) is 12.4 Å². The highest BCUT2D eigenvalue weighted by Crippen LogP contribution is 2.24. The molecule has 0 amide bonds. The molecule has 4 heteroatoms. The second-order valence-corrected chi connectivity index (χ2v) is 7.84. The molecule has 0 aliphatic carbocycles. The Morgan fingerprint density at radius 1 is 0.875 bits per heavy atom. The molecule has 0 spiro atoms. The first-order chi connectivity index (χ1) is 15.5. The highest BCUT2D eigenvalue weighted by molar-refractivity contribution is 5.91. The summed E-state index contributed by atoms with van der Waals surface area (Å²) in [6.07, 6.45) is 3.38. The van der Waals surface area contributed by atoms with Crippen molar-refractivity contribution in [2.75, 3.05) is 0 Å². The maximum atomic E-state index is 12.4. The molecule has 0 saturated heterocycles. The van der Waals surface area contributed by atoms with Crippen molar-refractivity contribution in [3.8, 4) is 16.9 Å². The standard InChI is InChI=1S/C28H28O4/c1-4-20(3)18-21-6-10-23(11-7-21)24-14-16-26(17-15-24)32-28(30)25-12-8-22(9-13-25)19-31-27(29)5-2/h5-17,20H,2,4,18-19H2,1,3H3. The van der Waals surface area contributed by atoms with E-state index in [1.807, 2.05) is 12.1 Å². The molecule has 0 heterocycles. The molecule has 0 fully saturated rings. The van der Waals surface area contributed by atoms with Crippen LogP contribution >= 0.6 is 0 Å². The zero-order valence-corrected chi connectivity index (χ0v) is 18.5. The molecule has 1 atom stereocenters. The number of esters is 2. The molecule has 4 nitrogen and oxygen atoms in total. The molecular weight excluding hydrogens is 400 g/mol. The summed E-state index contributed by atoms with van der Waals surface area (Å²) in [6, 6.07) is 22.8. The summed E-state index contributed by atoms with van der Waals surface area (Å²) in [5.74, 6) is 0.234. The topological polar surface area (TPSA) is 52.6 Å². The smallest absolute Gasteiger partial charge is 0.343 e. The second kappa shape index (κ2) is 11.1. The van der Waals surface area contributed by atoms with Gasteiger partial charge < -0.3 is 9.47 Å². The molecular formula is C28H28O4. The summed E-state index contributed by atoms with van der Waals surface area (Å²) >= 11 is 0. The van der Waals surface area contributed by atoms with Crippen LogP contribution in [0.15, 0.2) is 85.5 Å². The van der Waals surface area contributed by atoms with Gasteiger partial charge in [0.2, 0.25) is 0 Å². The zero-order valence-electron chi connectivity index (χ0n) is 18.5. The van der Waals surface area contributed by atoms with Crippen molar-refractivity contribution in [3.05, 3.63) is 102 Å². The third-order valence-electron chi connectivity index (χ3n) is 5.37.